The highest BCUT2D eigenvalue weighted by molar-refractivity contribution is 7.99. The molecule has 24 heavy (non-hydrogen) atoms. The Morgan fingerprint density at radius 1 is 1.21 bits per heavy atom. The largest absolute Gasteiger partial charge is 0.363 e. The van der Waals surface area contributed by atoms with Crippen molar-refractivity contribution in [3.05, 3.63) is 53.2 Å². The summed E-state index contributed by atoms with van der Waals surface area (Å²) in [4.78, 5) is 19.1. The summed E-state index contributed by atoms with van der Waals surface area (Å²) in [5.41, 5.74) is 1.01. The standard InChI is InChI=1S/C17H21ClN4OS/c1-22(2)16-11-13(7-8-19-16)12-21-17(23)20-9-10-24-15-5-3-14(18)4-6-15/h3-8,11H,9-10,12H2,1-2H3,(H2,20,21,23). The summed E-state index contributed by atoms with van der Waals surface area (Å²) in [7, 11) is 3.87. The zero-order valence-corrected chi connectivity index (χ0v) is 15.3. The number of thioether (sulfide) groups is 1. The highest BCUT2D eigenvalue weighted by atomic mass is 35.5. The van der Waals surface area contributed by atoms with E-state index in [4.69, 9.17) is 11.6 Å². The van der Waals surface area contributed by atoms with Crippen LogP contribution < -0.4 is 15.5 Å². The second-order valence-electron chi connectivity index (χ2n) is 5.33. The Balaban J connectivity index is 1.66. The molecule has 0 fully saturated rings. The van der Waals surface area contributed by atoms with E-state index in [0.717, 1.165) is 27.1 Å². The maximum absolute atomic E-state index is 11.8. The van der Waals surface area contributed by atoms with Crippen LogP contribution in [0.4, 0.5) is 10.6 Å². The summed E-state index contributed by atoms with van der Waals surface area (Å²) >= 11 is 7.52. The van der Waals surface area contributed by atoms with Crippen molar-refractivity contribution >= 4 is 35.2 Å². The fourth-order valence-corrected chi connectivity index (χ4v) is 2.82. The number of anilines is 1. The number of rotatable bonds is 7. The number of aromatic nitrogens is 1. The molecule has 2 N–H and O–H groups in total. The quantitative estimate of drug-likeness (QED) is 0.584. The van der Waals surface area contributed by atoms with Gasteiger partial charge in [-0.1, -0.05) is 11.6 Å². The summed E-state index contributed by atoms with van der Waals surface area (Å²) in [5, 5.41) is 6.42. The van der Waals surface area contributed by atoms with Crippen LogP contribution in [0.5, 0.6) is 0 Å². The maximum Gasteiger partial charge on any atom is 0.315 e. The molecule has 128 valence electrons. The van der Waals surface area contributed by atoms with Crippen LogP contribution in [0.1, 0.15) is 5.56 Å². The van der Waals surface area contributed by atoms with Gasteiger partial charge in [0.1, 0.15) is 5.82 Å². The molecule has 7 heteroatoms. The van der Waals surface area contributed by atoms with Crippen molar-refractivity contribution in [1.82, 2.24) is 15.6 Å². The molecule has 5 nitrogen and oxygen atoms in total. The zero-order valence-electron chi connectivity index (χ0n) is 13.8. The Labute approximate surface area is 151 Å². The van der Waals surface area contributed by atoms with Crippen LogP contribution in [0, 0.1) is 0 Å². The van der Waals surface area contributed by atoms with E-state index in [1.807, 2.05) is 55.4 Å². The predicted octanol–water partition coefficient (Wildman–Crippen LogP) is 3.39. The Morgan fingerprint density at radius 2 is 1.96 bits per heavy atom. The molecule has 1 aromatic heterocycles. The van der Waals surface area contributed by atoms with Gasteiger partial charge in [0, 0.05) is 49.1 Å². The minimum Gasteiger partial charge on any atom is -0.363 e. The molecular weight excluding hydrogens is 344 g/mol. The fraction of sp³-hybridized carbons (Fsp3) is 0.294. The molecule has 2 rings (SSSR count). The number of carbonyl (C=O) groups excluding carboxylic acids is 1. The summed E-state index contributed by atoms with van der Waals surface area (Å²) in [6, 6.07) is 11.3. The van der Waals surface area contributed by atoms with Crippen molar-refractivity contribution in [2.45, 2.75) is 11.4 Å². The van der Waals surface area contributed by atoms with Crippen LogP contribution in [0.2, 0.25) is 5.02 Å². The molecular formula is C17H21ClN4OS. The lowest BCUT2D eigenvalue weighted by atomic mass is 10.2. The van der Waals surface area contributed by atoms with Gasteiger partial charge in [-0.05, 0) is 42.0 Å². The van der Waals surface area contributed by atoms with Crippen molar-refractivity contribution in [2.75, 3.05) is 31.3 Å². The number of nitrogens with zero attached hydrogens (tertiary/aromatic N) is 2. The molecule has 0 saturated heterocycles. The van der Waals surface area contributed by atoms with Crippen molar-refractivity contribution in [3.8, 4) is 0 Å². The number of nitrogens with one attached hydrogen (secondary N) is 2. The van der Waals surface area contributed by atoms with Crippen molar-refractivity contribution in [1.29, 1.82) is 0 Å². The third-order valence-electron chi connectivity index (χ3n) is 3.19. The fourth-order valence-electron chi connectivity index (χ4n) is 1.92. The Bertz CT molecular complexity index is 664. The average molecular weight is 365 g/mol. The van der Waals surface area contributed by atoms with Gasteiger partial charge < -0.3 is 15.5 Å². The maximum atomic E-state index is 11.8. The molecule has 2 aromatic rings. The van der Waals surface area contributed by atoms with E-state index >= 15 is 0 Å². The van der Waals surface area contributed by atoms with Gasteiger partial charge in [0.2, 0.25) is 0 Å². The van der Waals surface area contributed by atoms with Gasteiger partial charge in [0.25, 0.3) is 0 Å². The molecule has 0 aliphatic heterocycles. The molecule has 1 heterocycles. The molecule has 2 amide bonds. The van der Waals surface area contributed by atoms with Gasteiger partial charge in [0.05, 0.1) is 0 Å². The first-order valence-corrected chi connectivity index (χ1v) is 8.93. The van der Waals surface area contributed by atoms with E-state index in [9.17, 15) is 4.79 Å². The molecule has 0 bridgehead atoms. The third kappa shape index (κ3) is 6.29. The van der Waals surface area contributed by atoms with E-state index in [1.54, 1.807) is 18.0 Å². The lowest BCUT2D eigenvalue weighted by molar-refractivity contribution is 0.241. The van der Waals surface area contributed by atoms with E-state index < -0.39 is 0 Å². The second kappa shape index (κ2) is 9.39. The molecule has 1 aromatic carbocycles. The topological polar surface area (TPSA) is 57.3 Å². The second-order valence-corrected chi connectivity index (χ2v) is 6.93. The first-order valence-electron chi connectivity index (χ1n) is 7.57. The predicted molar refractivity (Wildman–Crippen MR) is 101 cm³/mol. The van der Waals surface area contributed by atoms with Crippen LogP contribution in [0.3, 0.4) is 0 Å². The number of hydrogen-bond acceptors (Lipinski definition) is 4. The number of pyridine rings is 1. The van der Waals surface area contributed by atoms with Crippen LogP contribution in [-0.2, 0) is 6.54 Å². The molecule has 0 radical (unpaired) electrons. The highest BCUT2D eigenvalue weighted by Gasteiger charge is 2.03. The number of halogens is 1. The molecule has 0 atom stereocenters. The molecule has 0 aliphatic carbocycles. The Kier molecular flexibility index (Phi) is 7.21. The highest BCUT2D eigenvalue weighted by Crippen LogP contribution is 2.19. The lowest BCUT2D eigenvalue weighted by Crippen LogP contribution is -2.36. The summed E-state index contributed by atoms with van der Waals surface area (Å²) in [6.07, 6.45) is 1.74. The number of carbonyl (C=O) groups is 1. The minimum absolute atomic E-state index is 0.171. The van der Waals surface area contributed by atoms with Gasteiger partial charge in [-0.15, -0.1) is 11.8 Å². The normalized spacial score (nSPS) is 10.3. The number of hydrogen-bond donors (Lipinski definition) is 2. The van der Waals surface area contributed by atoms with Gasteiger partial charge in [-0.3, -0.25) is 0 Å². The van der Waals surface area contributed by atoms with Gasteiger partial charge in [-0.25, -0.2) is 9.78 Å². The summed E-state index contributed by atoms with van der Waals surface area (Å²) in [5.74, 6) is 1.67. The van der Waals surface area contributed by atoms with Gasteiger partial charge in [0.15, 0.2) is 0 Å². The molecule has 0 spiro atoms. The van der Waals surface area contributed by atoms with Crippen LogP contribution in [0.25, 0.3) is 0 Å². The van der Waals surface area contributed by atoms with E-state index in [-0.39, 0.29) is 6.03 Å². The van der Waals surface area contributed by atoms with Crippen LogP contribution >= 0.6 is 23.4 Å². The first kappa shape index (κ1) is 18.4. The SMILES string of the molecule is CN(C)c1cc(CNC(=O)NCCSc2ccc(Cl)cc2)ccn1. The van der Waals surface area contributed by atoms with Crippen LogP contribution in [0.15, 0.2) is 47.5 Å². The molecule has 0 saturated carbocycles. The van der Waals surface area contributed by atoms with Gasteiger partial charge >= 0.3 is 6.03 Å². The number of urea groups is 1. The molecule has 0 aliphatic rings. The lowest BCUT2D eigenvalue weighted by Gasteiger charge is -2.12. The van der Waals surface area contributed by atoms with Crippen molar-refractivity contribution < 1.29 is 4.79 Å². The average Bonchev–Trinajstić information content (AvgIpc) is 2.58. The van der Waals surface area contributed by atoms with Crippen molar-refractivity contribution in [2.24, 2.45) is 0 Å². The van der Waals surface area contributed by atoms with Gasteiger partial charge in [-0.2, -0.15) is 0 Å². The first-order chi connectivity index (χ1) is 11.5. The van der Waals surface area contributed by atoms with E-state index in [1.165, 1.54) is 0 Å². The summed E-state index contributed by atoms with van der Waals surface area (Å²) < 4.78 is 0. The Hall–Kier alpha value is -1.92. The minimum atomic E-state index is -0.171. The molecule has 0 unspecified atom stereocenters. The smallest absolute Gasteiger partial charge is 0.315 e. The number of benzene rings is 1. The summed E-state index contributed by atoms with van der Waals surface area (Å²) in [6.45, 7) is 1.07. The monoisotopic (exact) mass is 364 g/mol. The third-order valence-corrected chi connectivity index (χ3v) is 4.46. The van der Waals surface area contributed by atoms with E-state index in [2.05, 4.69) is 15.6 Å². The van der Waals surface area contributed by atoms with Crippen molar-refractivity contribution in [3.63, 3.8) is 0 Å². The van der Waals surface area contributed by atoms with E-state index in [0.29, 0.717) is 13.1 Å². The van der Waals surface area contributed by atoms with Crippen LogP contribution in [-0.4, -0.2) is 37.4 Å². The number of amides is 2. The Morgan fingerprint density at radius 3 is 2.67 bits per heavy atom. The zero-order chi connectivity index (χ0) is 17.4.